The van der Waals surface area contributed by atoms with E-state index >= 15 is 0 Å². The Hall–Kier alpha value is -2.06. The number of nitrogen functional groups attached to an aromatic ring is 1. The molecular formula is C16H20N6OS. The molecule has 1 fully saturated rings. The summed E-state index contributed by atoms with van der Waals surface area (Å²) in [6.45, 7) is 3.83. The summed E-state index contributed by atoms with van der Waals surface area (Å²) >= 11 is 1.53. The van der Waals surface area contributed by atoms with Gasteiger partial charge in [-0.2, -0.15) is 0 Å². The lowest BCUT2D eigenvalue weighted by molar-refractivity contribution is 0.145. The zero-order valence-corrected chi connectivity index (χ0v) is 14.4. The van der Waals surface area contributed by atoms with E-state index in [4.69, 9.17) is 10.7 Å². The van der Waals surface area contributed by atoms with Crippen molar-refractivity contribution in [2.45, 2.75) is 38.7 Å². The molecule has 0 spiro atoms. The van der Waals surface area contributed by atoms with E-state index in [1.54, 1.807) is 0 Å². The van der Waals surface area contributed by atoms with Gasteiger partial charge in [0.15, 0.2) is 5.82 Å². The quantitative estimate of drug-likeness (QED) is 0.750. The zero-order chi connectivity index (χ0) is 16.7. The summed E-state index contributed by atoms with van der Waals surface area (Å²) < 4.78 is 0.857. The van der Waals surface area contributed by atoms with Gasteiger partial charge >= 0.3 is 0 Å². The average molecular weight is 344 g/mol. The summed E-state index contributed by atoms with van der Waals surface area (Å²) in [5.74, 6) is 1.39. The molecule has 0 atom stereocenters. The molecule has 1 saturated heterocycles. The number of thiophene rings is 1. The van der Waals surface area contributed by atoms with Crippen molar-refractivity contribution in [1.82, 2.24) is 20.4 Å². The molecule has 3 aromatic heterocycles. The molecule has 0 bridgehead atoms. The molecule has 7 nitrogen and oxygen atoms in total. The van der Waals surface area contributed by atoms with E-state index in [-0.39, 0.29) is 6.10 Å². The highest BCUT2D eigenvalue weighted by Gasteiger charge is 2.21. The molecular weight excluding hydrogens is 324 g/mol. The first-order chi connectivity index (χ1) is 11.7. The van der Waals surface area contributed by atoms with E-state index in [2.05, 4.69) is 33.3 Å². The van der Waals surface area contributed by atoms with Gasteiger partial charge in [-0.15, -0.1) is 21.5 Å². The van der Waals surface area contributed by atoms with Crippen molar-refractivity contribution in [2.75, 3.05) is 23.7 Å². The Labute approximate surface area is 143 Å². The standard InChI is InChI=1S/C16H20N6OS/c1-2-3-9-8-11(22-6-4-10(23)5-7-22)18-16-12(9)13-14(24-16)15(17)20-21-19-13/h8,10,23H,2-7H2,1H3,(H2,17,19,20). The third-order valence-electron chi connectivity index (χ3n) is 4.54. The van der Waals surface area contributed by atoms with Crippen LogP contribution in [0.4, 0.5) is 11.6 Å². The second-order valence-corrected chi connectivity index (χ2v) is 7.24. The number of nitrogens with zero attached hydrogens (tertiary/aromatic N) is 5. The topological polar surface area (TPSA) is 101 Å². The van der Waals surface area contributed by atoms with Gasteiger partial charge in [0.05, 0.1) is 6.10 Å². The van der Waals surface area contributed by atoms with E-state index < -0.39 is 0 Å². The van der Waals surface area contributed by atoms with Crippen LogP contribution in [0.2, 0.25) is 0 Å². The molecule has 1 aliphatic rings. The molecule has 0 saturated carbocycles. The number of piperidine rings is 1. The van der Waals surface area contributed by atoms with Gasteiger partial charge in [-0.1, -0.05) is 13.3 Å². The Morgan fingerprint density at radius 3 is 2.88 bits per heavy atom. The van der Waals surface area contributed by atoms with Crippen molar-refractivity contribution in [3.8, 4) is 0 Å². The van der Waals surface area contributed by atoms with E-state index in [1.807, 2.05) is 0 Å². The smallest absolute Gasteiger partial charge is 0.167 e. The van der Waals surface area contributed by atoms with Crippen LogP contribution in [-0.2, 0) is 6.42 Å². The molecule has 3 N–H and O–H groups in total. The monoisotopic (exact) mass is 344 g/mol. The molecule has 24 heavy (non-hydrogen) atoms. The summed E-state index contributed by atoms with van der Waals surface area (Å²) in [6.07, 6.45) is 3.39. The lowest BCUT2D eigenvalue weighted by atomic mass is 10.1. The van der Waals surface area contributed by atoms with Crippen molar-refractivity contribution < 1.29 is 5.11 Å². The largest absolute Gasteiger partial charge is 0.393 e. The number of aliphatic hydroxyl groups is 1. The van der Waals surface area contributed by atoms with E-state index in [0.717, 1.165) is 65.0 Å². The van der Waals surface area contributed by atoms with Crippen LogP contribution in [0, 0.1) is 0 Å². The van der Waals surface area contributed by atoms with Gasteiger partial charge < -0.3 is 15.7 Å². The molecule has 0 amide bonds. The van der Waals surface area contributed by atoms with Gasteiger partial charge in [-0.3, -0.25) is 0 Å². The fourth-order valence-electron chi connectivity index (χ4n) is 3.30. The van der Waals surface area contributed by atoms with Crippen molar-refractivity contribution in [3.63, 3.8) is 0 Å². The van der Waals surface area contributed by atoms with Crippen LogP contribution in [0.1, 0.15) is 31.7 Å². The molecule has 4 rings (SSSR count). The lowest BCUT2D eigenvalue weighted by Gasteiger charge is -2.30. The van der Waals surface area contributed by atoms with Gasteiger partial charge in [0.25, 0.3) is 0 Å². The molecule has 0 unspecified atom stereocenters. The number of aliphatic hydroxyl groups excluding tert-OH is 1. The fraction of sp³-hybridized carbons (Fsp3) is 0.500. The third-order valence-corrected chi connectivity index (χ3v) is 5.64. The number of fused-ring (bicyclic) bond motifs is 3. The van der Waals surface area contributed by atoms with Gasteiger partial charge in [0.2, 0.25) is 0 Å². The predicted molar refractivity (Wildman–Crippen MR) is 96.4 cm³/mol. The summed E-state index contributed by atoms with van der Waals surface area (Å²) in [6, 6.07) is 2.16. The first-order valence-corrected chi connectivity index (χ1v) is 9.13. The lowest BCUT2D eigenvalue weighted by Crippen LogP contribution is -2.36. The van der Waals surface area contributed by atoms with Crippen LogP contribution in [0.3, 0.4) is 0 Å². The second-order valence-electron chi connectivity index (χ2n) is 6.24. The Bertz CT molecular complexity index is 887. The molecule has 0 radical (unpaired) electrons. The number of pyridine rings is 1. The highest BCUT2D eigenvalue weighted by atomic mass is 32.1. The van der Waals surface area contributed by atoms with Crippen LogP contribution in [0.5, 0.6) is 0 Å². The SMILES string of the molecule is CCCc1cc(N2CCC(O)CC2)nc2sc3c(N)nnnc3c12. The zero-order valence-electron chi connectivity index (χ0n) is 13.6. The predicted octanol–water partition coefficient (Wildman–Crippen LogP) is 2.13. The van der Waals surface area contributed by atoms with Crippen molar-refractivity contribution in [1.29, 1.82) is 0 Å². The Kier molecular flexibility index (Phi) is 3.93. The molecule has 0 aliphatic carbocycles. The van der Waals surface area contributed by atoms with Crippen LogP contribution in [-0.4, -0.2) is 44.7 Å². The number of nitrogens with two attached hydrogens (primary N) is 1. The van der Waals surface area contributed by atoms with Crippen molar-refractivity contribution >= 4 is 43.4 Å². The first-order valence-electron chi connectivity index (χ1n) is 8.31. The van der Waals surface area contributed by atoms with Crippen LogP contribution >= 0.6 is 11.3 Å². The number of hydrogen-bond donors (Lipinski definition) is 2. The van der Waals surface area contributed by atoms with Crippen LogP contribution in [0.15, 0.2) is 6.07 Å². The fourth-order valence-corrected chi connectivity index (χ4v) is 4.34. The number of rotatable bonds is 3. The first kappa shape index (κ1) is 15.5. The summed E-state index contributed by atoms with van der Waals surface area (Å²) in [4.78, 5) is 8.05. The molecule has 126 valence electrons. The Balaban J connectivity index is 1.88. The minimum Gasteiger partial charge on any atom is -0.393 e. The number of aromatic nitrogens is 4. The molecule has 3 aromatic rings. The summed E-state index contributed by atoms with van der Waals surface area (Å²) in [5, 5.41) is 22.6. The molecule has 0 aromatic carbocycles. The maximum absolute atomic E-state index is 9.73. The molecule has 8 heteroatoms. The Morgan fingerprint density at radius 2 is 2.12 bits per heavy atom. The average Bonchev–Trinajstić information content (AvgIpc) is 2.96. The van der Waals surface area contributed by atoms with Gasteiger partial charge in [0.1, 0.15) is 20.9 Å². The Morgan fingerprint density at radius 1 is 1.33 bits per heavy atom. The van der Waals surface area contributed by atoms with E-state index in [9.17, 15) is 5.11 Å². The van der Waals surface area contributed by atoms with Gasteiger partial charge in [-0.25, -0.2) is 4.98 Å². The minimum absolute atomic E-state index is 0.189. The van der Waals surface area contributed by atoms with E-state index in [1.165, 1.54) is 16.9 Å². The van der Waals surface area contributed by atoms with Gasteiger partial charge in [0, 0.05) is 18.5 Å². The maximum atomic E-state index is 9.73. The number of aryl methyl sites for hydroxylation is 1. The third kappa shape index (κ3) is 2.55. The molecule has 1 aliphatic heterocycles. The van der Waals surface area contributed by atoms with Gasteiger partial charge in [-0.05, 0) is 36.1 Å². The minimum atomic E-state index is -0.189. The number of hydrogen-bond acceptors (Lipinski definition) is 8. The van der Waals surface area contributed by atoms with Crippen molar-refractivity contribution in [3.05, 3.63) is 11.6 Å². The highest BCUT2D eigenvalue weighted by molar-refractivity contribution is 7.26. The summed E-state index contributed by atoms with van der Waals surface area (Å²) in [7, 11) is 0. The normalized spacial score (nSPS) is 16.3. The second kappa shape index (κ2) is 6.10. The molecule has 4 heterocycles. The van der Waals surface area contributed by atoms with Crippen LogP contribution < -0.4 is 10.6 Å². The number of anilines is 2. The maximum Gasteiger partial charge on any atom is 0.167 e. The van der Waals surface area contributed by atoms with Crippen molar-refractivity contribution in [2.24, 2.45) is 0 Å². The van der Waals surface area contributed by atoms with Crippen LogP contribution in [0.25, 0.3) is 20.4 Å². The summed E-state index contributed by atoms with van der Waals surface area (Å²) in [5.41, 5.74) is 8.01. The highest BCUT2D eigenvalue weighted by Crippen LogP contribution is 2.37. The van der Waals surface area contributed by atoms with E-state index in [0.29, 0.717) is 5.82 Å².